The minimum Gasteiger partial charge on any atom is -0.368 e. The van der Waals surface area contributed by atoms with Crippen LogP contribution in [-0.4, -0.2) is 43.9 Å². The number of carbonyl (C=O) groups is 1. The summed E-state index contributed by atoms with van der Waals surface area (Å²) in [6.07, 6.45) is 5.13. The van der Waals surface area contributed by atoms with Gasteiger partial charge in [-0.3, -0.25) is 14.6 Å². The number of thioether (sulfide) groups is 1. The molecule has 134 valence electrons. The standard InChI is InChI=1S/C18H19N5O2S/c1-11(24)13-5-4-12(9-20-13)14-8-15-16(18(25)23(2)10-21-15)17(22-14)19-6-7-26-3/h4-5,8-10H,6-7H2,1-3H3,(H,19,22). The lowest BCUT2D eigenvalue weighted by Crippen LogP contribution is -2.20. The summed E-state index contributed by atoms with van der Waals surface area (Å²) in [7, 11) is 1.67. The van der Waals surface area contributed by atoms with Gasteiger partial charge in [0.15, 0.2) is 5.78 Å². The predicted molar refractivity (Wildman–Crippen MR) is 105 cm³/mol. The molecule has 3 heterocycles. The fraction of sp³-hybridized carbons (Fsp3) is 0.278. The number of fused-ring (bicyclic) bond motifs is 1. The van der Waals surface area contributed by atoms with Gasteiger partial charge < -0.3 is 9.88 Å². The molecule has 0 radical (unpaired) electrons. The SMILES string of the molecule is CSCCNc1nc(-c2ccc(C(C)=O)nc2)cc2ncn(C)c(=O)c12. The van der Waals surface area contributed by atoms with Gasteiger partial charge >= 0.3 is 0 Å². The number of nitrogens with zero attached hydrogens (tertiary/aromatic N) is 4. The predicted octanol–water partition coefficient (Wildman–Crippen LogP) is 2.37. The number of nitrogens with one attached hydrogen (secondary N) is 1. The first-order valence-electron chi connectivity index (χ1n) is 8.08. The Kier molecular flexibility index (Phi) is 5.32. The second-order valence-electron chi connectivity index (χ2n) is 5.82. The van der Waals surface area contributed by atoms with Crippen molar-refractivity contribution in [2.45, 2.75) is 6.92 Å². The third-order valence-electron chi connectivity index (χ3n) is 3.92. The van der Waals surface area contributed by atoms with Gasteiger partial charge in [0.25, 0.3) is 5.56 Å². The summed E-state index contributed by atoms with van der Waals surface area (Å²) in [5.41, 5.74) is 2.23. The third kappa shape index (κ3) is 3.60. The zero-order valence-corrected chi connectivity index (χ0v) is 15.6. The van der Waals surface area contributed by atoms with E-state index in [0.29, 0.717) is 34.7 Å². The second kappa shape index (κ2) is 7.65. The number of Topliss-reactive ketones (excluding diaryl/α,β-unsaturated/α-hetero) is 1. The van der Waals surface area contributed by atoms with Crippen LogP contribution >= 0.6 is 11.8 Å². The van der Waals surface area contributed by atoms with Crippen molar-refractivity contribution >= 4 is 34.3 Å². The van der Waals surface area contributed by atoms with E-state index in [4.69, 9.17) is 0 Å². The normalized spacial score (nSPS) is 10.9. The molecule has 0 fully saturated rings. The number of anilines is 1. The lowest BCUT2D eigenvalue weighted by atomic mass is 10.1. The van der Waals surface area contributed by atoms with E-state index in [2.05, 4.69) is 20.3 Å². The Bertz CT molecular complexity index is 1010. The van der Waals surface area contributed by atoms with Gasteiger partial charge in [-0.2, -0.15) is 11.8 Å². The van der Waals surface area contributed by atoms with Crippen molar-refractivity contribution in [3.63, 3.8) is 0 Å². The Morgan fingerprint density at radius 3 is 2.77 bits per heavy atom. The maximum Gasteiger partial charge on any atom is 0.264 e. The molecule has 0 amide bonds. The number of carbonyl (C=O) groups excluding carboxylic acids is 1. The van der Waals surface area contributed by atoms with Gasteiger partial charge in [-0.15, -0.1) is 0 Å². The Hall–Kier alpha value is -2.74. The number of hydrogen-bond acceptors (Lipinski definition) is 7. The van der Waals surface area contributed by atoms with Crippen molar-refractivity contribution in [2.24, 2.45) is 7.05 Å². The fourth-order valence-electron chi connectivity index (χ4n) is 2.52. The largest absolute Gasteiger partial charge is 0.368 e. The summed E-state index contributed by atoms with van der Waals surface area (Å²) in [6.45, 7) is 2.16. The molecule has 0 aliphatic rings. The van der Waals surface area contributed by atoms with Crippen molar-refractivity contribution in [3.8, 4) is 11.3 Å². The van der Waals surface area contributed by atoms with E-state index in [1.54, 1.807) is 43.2 Å². The van der Waals surface area contributed by atoms with Crippen LogP contribution in [0.5, 0.6) is 0 Å². The molecule has 0 saturated heterocycles. The molecule has 1 N–H and O–H groups in total. The van der Waals surface area contributed by atoms with E-state index < -0.39 is 0 Å². The van der Waals surface area contributed by atoms with Gasteiger partial charge in [0.2, 0.25) is 0 Å². The van der Waals surface area contributed by atoms with Gasteiger partial charge in [0.05, 0.1) is 17.5 Å². The monoisotopic (exact) mass is 369 g/mol. The zero-order valence-electron chi connectivity index (χ0n) is 14.8. The van der Waals surface area contributed by atoms with Gasteiger partial charge in [0, 0.05) is 38.0 Å². The maximum atomic E-state index is 12.5. The minimum absolute atomic E-state index is 0.0902. The first kappa shape index (κ1) is 18.1. The van der Waals surface area contributed by atoms with Crippen LogP contribution in [0.3, 0.4) is 0 Å². The van der Waals surface area contributed by atoms with Crippen molar-refractivity contribution in [1.82, 2.24) is 19.5 Å². The molecule has 7 nitrogen and oxygen atoms in total. The maximum absolute atomic E-state index is 12.5. The Morgan fingerprint density at radius 1 is 1.31 bits per heavy atom. The molecule has 0 unspecified atom stereocenters. The summed E-state index contributed by atoms with van der Waals surface area (Å²) in [4.78, 5) is 37.1. The van der Waals surface area contributed by atoms with Crippen LogP contribution in [0.1, 0.15) is 17.4 Å². The first-order chi connectivity index (χ1) is 12.5. The average Bonchev–Trinajstić information content (AvgIpc) is 2.64. The van der Waals surface area contributed by atoms with Crippen LogP contribution in [-0.2, 0) is 7.05 Å². The van der Waals surface area contributed by atoms with E-state index in [-0.39, 0.29) is 11.3 Å². The van der Waals surface area contributed by atoms with Gasteiger partial charge in [0.1, 0.15) is 16.9 Å². The fourth-order valence-corrected chi connectivity index (χ4v) is 2.83. The first-order valence-corrected chi connectivity index (χ1v) is 9.47. The lowest BCUT2D eigenvalue weighted by Gasteiger charge is -2.11. The van der Waals surface area contributed by atoms with E-state index in [1.807, 2.05) is 6.26 Å². The molecule has 0 atom stereocenters. The van der Waals surface area contributed by atoms with Crippen LogP contribution in [0.4, 0.5) is 5.82 Å². The highest BCUT2D eigenvalue weighted by atomic mass is 32.2. The van der Waals surface area contributed by atoms with Gasteiger partial charge in [-0.1, -0.05) is 0 Å². The second-order valence-corrected chi connectivity index (χ2v) is 6.80. The lowest BCUT2D eigenvalue weighted by molar-refractivity contribution is 0.101. The molecule has 0 saturated carbocycles. The minimum atomic E-state index is -0.147. The third-order valence-corrected chi connectivity index (χ3v) is 4.53. The molecule has 0 aliphatic heterocycles. The van der Waals surface area contributed by atoms with E-state index >= 15 is 0 Å². The summed E-state index contributed by atoms with van der Waals surface area (Å²) >= 11 is 1.71. The Balaban J connectivity index is 2.13. The number of rotatable bonds is 6. The Labute approximate surface area is 154 Å². The number of aromatic nitrogens is 4. The van der Waals surface area contributed by atoms with Crippen LogP contribution in [0, 0.1) is 0 Å². The Morgan fingerprint density at radius 2 is 2.12 bits per heavy atom. The molecule has 0 aromatic carbocycles. The molecule has 8 heteroatoms. The average molecular weight is 369 g/mol. The van der Waals surface area contributed by atoms with Crippen LogP contribution in [0.2, 0.25) is 0 Å². The summed E-state index contributed by atoms with van der Waals surface area (Å²) in [6, 6.07) is 5.23. The number of hydrogen-bond donors (Lipinski definition) is 1. The van der Waals surface area contributed by atoms with Crippen LogP contribution in [0.25, 0.3) is 22.2 Å². The summed E-state index contributed by atoms with van der Waals surface area (Å²) in [5, 5.41) is 3.70. The van der Waals surface area contributed by atoms with Crippen molar-refractivity contribution in [1.29, 1.82) is 0 Å². The van der Waals surface area contributed by atoms with Crippen molar-refractivity contribution < 1.29 is 4.79 Å². The summed E-state index contributed by atoms with van der Waals surface area (Å²) < 4.78 is 1.44. The smallest absolute Gasteiger partial charge is 0.264 e. The molecule has 3 aromatic heterocycles. The molecule has 3 aromatic rings. The zero-order chi connectivity index (χ0) is 18.7. The number of ketones is 1. The van der Waals surface area contributed by atoms with E-state index in [1.165, 1.54) is 17.8 Å². The van der Waals surface area contributed by atoms with Crippen molar-refractivity contribution in [2.75, 3.05) is 23.9 Å². The molecular weight excluding hydrogens is 350 g/mol. The molecule has 0 spiro atoms. The highest BCUT2D eigenvalue weighted by Crippen LogP contribution is 2.24. The number of pyridine rings is 2. The van der Waals surface area contributed by atoms with E-state index in [9.17, 15) is 9.59 Å². The number of aryl methyl sites for hydroxylation is 1. The van der Waals surface area contributed by atoms with Crippen LogP contribution < -0.4 is 10.9 Å². The van der Waals surface area contributed by atoms with Crippen LogP contribution in [0.15, 0.2) is 35.5 Å². The van der Waals surface area contributed by atoms with Crippen molar-refractivity contribution in [3.05, 3.63) is 46.8 Å². The molecule has 0 bridgehead atoms. The highest BCUT2D eigenvalue weighted by molar-refractivity contribution is 7.98. The molecule has 26 heavy (non-hydrogen) atoms. The topological polar surface area (TPSA) is 89.8 Å². The van der Waals surface area contributed by atoms with E-state index in [0.717, 1.165) is 11.3 Å². The molecular formula is C18H19N5O2S. The molecule has 0 aliphatic carbocycles. The quantitative estimate of drug-likeness (QED) is 0.527. The highest BCUT2D eigenvalue weighted by Gasteiger charge is 2.13. The summed E-state index contributed by atoms with van der Waals surface area (Å²) in [5.74, 6) is 1.31. The van der Waals surface area contributed by atoms with Gasteiger partial charge in [-0.25, -0.2) is 9.97 Å². The van der Waals surface area contributed by atoms with Gasteiger partial charge in [-0.05, 0) is 24.5 Å². The molecule has 3 rings (SSSR count).